The maximum atomic E-state index is 13.9. The van der Waals surface area contributed by atoms with E-state index in [0.717, 1.165) is 19.3 Å². The number of carbonyl (C=O) groups excluding carboxylic acids is 1. The number of carbonyl (C=O) groups is 1. The predicted octanol–water partition coefficient (Wildman–Crippen LogP) is 6.42. The van der Waals surface area contributed by atoms with Crippen LogP contribution in [-0.2, 0) is 4.79 Å². The molecule has 1 aromatic rings. The lowest BCUT2D eigenvalue weighted by Gasteiger charge is -2.09. The van der Waals surface area contributed by atoms with Crippen molar-refractivity contribution in [3.05, 3.63) is 70.3 Å². The fourth-order valence-electron chi connectivity index (χ4n) is 3.16. The topological polar surface area (TPSA) is 17.1 Å². The van der Waals surface area contributed by atoms with Gasteiger partial charge in [-0.3, -0.25) is 4.79 Å². The van der Waals surface area contributed by atoms with Crippen LogP contribution in [-0.4, -0.2) is 5.78 Å². The monoisotopic (exact) mass is 344 g/mol. The van der Waals surface area contributed by atoms with E-state index in [4.69, 9.17) is 0 Å². The molecule has 134 valence electrons. The van der Waals surface area contributed by atoms with Crippen molar-refractivity contribution in [1.82, 2.24) is 0 Å². The molecule has 0 heterocycles. The van der Waals surface area contributed by atoms with E-state index in [9.17, 15) is 13.6 Å². The number of Topliss-reactive ketones (excluding diaryl/α,β-unsaturated/α-hetero) is 1. The van der Waals surface area contributed by atoms with Gasteiger partial charge in [0, 0.05) is 17.9 Å². The minimum Gasteiger partial charge on any atom is -0.295 e. The first kappa shape index (κ1) is 19.3. The number of halogens is 2. The van der Waals surface area contributed by atoms with Crippen LogP contribution in [0, 0.1) is 11.6 Å². The van der Waals surface area contributed by atoms with Gasteiger partial charge in [0.15, 0.2) is 5.78 Å². The summed E-state index contributed by atoms with van der Waals surface area (Å²) in [5.41, 5.74) is 3.33. The molecule has 0 saturated heterocycles. The quantitative estimate of drug-likeness (QED) is 0.522. The van der Waals surface area contributed by atoms with Gasteiger partial charge in [0.25, 0.3) is 0 Å². The van der Waals surface area contributed by atoms with Gasteiger partial charge in [0.1, 0.15) is 11.6 Å². The van der Waals surface area contributed by atoms with Crippen LogP contribution in [0.3, 0.4) is 0 Å². The molecular formula is C22H26F2O. The van der Waals surface area contributed by atoms with E-state index in [2.05, 4.69) is 32.9 Å². The Bertz CT molecular complexity index is 701. The average molecular weight is 344 g/mol. The molecule has 1 aliphatic carbocycles. The summed E-state index contributed by atoms with van der Waals surface area (Å²) in [5, 5.41) is 0. The predicted molar refractivity (Wildman–Crippen MR) is 98.5 cm³/mol. The molecule has 0 radical (unpaired) electrons. The lowest BCUT2D eigenvalue weighted by Crippen LogP contribution is -2.02. The van der Waals surface area contributed by atoms with Gasteiger partial charge in [-0.05, 0) is 64.2 Å². The summed E-state index contributed by atoms with van der Waals surface area (Å²) >= 11 is 0. The molecule has 0 bridgehead atoms. The lowest BCUT2D eigenvalue weighted by atomic mass is 9.97. The van der Waals surface area contributed by atoms with E-state index >= 15 is 0 Å². The van der Waals surface area contributed by atoms with Crippen molar-refractivity contribution in [2.45, 2.75) is 58.8 Å². The van der Waals surface area contributed by atoms with Crippen molar-refractivity contribution in [3.8, 4) is 0 Å². The molecule has 2 rings (SSSR count). The minimum absolute atomic E-state index is 0.00301. The molecule has 0 amide bonds. The number of hydrogen-bond acceptors (Lipinski definition) is 1. The maximum Gasteiger partial charge on any atom is 0.159 e. The van der Waals surface area contributed by atoms with Crippen LogP contribution >= 0.6 is 0 Å². The molecule has 1 aliphatic rings. The van der Waals surface area contributed by atoms with E-state index in [1.807, 2.05) is 0 Å². The van der Waals surface area contributed by atoms with Crippen molar-refractivity contribution in [1.29, 1.82) is 0 Å². The molecule has 0 spiro atoms. The summed E-state index contributed by atoms with van der Waals surface area (Å²) in [6.45, 7) is 6.28. The molecule has 1 nitrogen and oxygen atoms in total. The average Bonchev–Trinajstić information content (AvgIpc) is 2.87. The molecule has 1 atom stereocenters. The Morgan fingerprint density at radius 1 is 1.12 bits per heavy atom. The molecule has 0 N–H and O–H groups in total. The summed E-state index contributed by atoms with van der Waals surface area (Å²) < 4.78 is 27.8. The third-order valence-electron chi connectivity index (χ3n) is 4.53. The summed E-state index contributed by atoms with van der Waals surface area (Å²) in [4.78, 5) is 12.2. The molecule has 0 aliphatic heterocycles. The van der Waals surface area contributed by atoms with Crippen LogP contribution in [0.1, 0.15) is 64.4 Å². The van der Waals surface area contributed by atoms with Gasteiger partial charge in [-0.15, -0.1) is 0 Å². The summed E-state index contributed by atoms with van der Waals surface area (Å²) in [6, 6.07) is 3.83. The van der Waals surface area contributed by atoms with Crippen molar-refractivity contribution >= 4 is 5.78 Å². The molecule has 0 fully saturated rings. The largest absolute Gasteiger partial charge is 0.295 e. The van der Waals surface area contributed by atoms with Crippen molar-refractivity contribution in [2.24, 2.45) is 0 Å². The first-order valence-corrected chi connectivity index (χ1v) is 8.85. The molecule has 25 heavy (non-hydrogen) atoms. The third-order valence-corrected chi connectivity index (χ3v) is 4.53. The highest BCUT2D eigenvalue weighted by Crippen LogP contribution is 2.35. The van der Waals surface area contributed by atoms with Gasteiger partial charge in [-0.2, -0.15) is 0 Å². The molecule has 0 saturated carbocycles. The number of allylic oxidation sites excluding steroid dienone is 6. The van der Waals surface area contributed by atoms with Gasteiger partial charge in [0.2, 0.25) is 0 Å². The Hall–Kier alpha value is -2.03. The molecule has 1 unspecified atom stereocenters. The Kier molecular flexibility index (Phi) is 6.86. The summed E-state index contributed by atoms with van der Waals surface area (Å²) in [5.74, 6) is -1.63. The van der Waals surface area contributed by atoms with Gasteiger partial charge in [-0.1, -0.05) is 35.4 Å². The zero-order chi connectivity index (χ0) is 18.4. The van der Waals surface area contributed by atoms with Crippen LogP contribution in [0.4, 0.5) is 8.78 Å². The summed E-state index contributed by atoms with van der Waals surface area (Å²) in [7, 11) is 0. The van der Waals surface area contributed by atoms with Gasteiger partial charge >= 0.3 is 0 Å². The fraction of sp³-hybridized carbons (Fsp3) is 0.409. The first-order chi connectivity index (χ1) is 11.9. The van der Waals surface area contributed by atoms with Gasteiger partial charge < -0.3 is 0 Å². The SMILES string of the molecule is CC(C)=CCC/C(C)=C/CCC1=CC(c2c(F)cccc2F)CC1=O. The smallest absolute Gasteiger partial charge is 0.159 e. The summed E-state index contributed by atoms with van der Waals surface area (Å²) in [6.07, 6.45) is 9.74. The van der Waals surface area contributed by atoms with E-state index in [-0.39, 0.29) is 17.8 Å². The maximum absolute atomic E-state index is 13.9. The van der Waals surface area contributed by atoms with E-state index in [1.165, 1.54) is 29.3 Å². The van der Waals surface area contributed by atoms with Crippen LogP contribution < -0.4 is 0 Å². The van der Waals surface area contributed by atoms with Crippen LogP contribution in [0.5, 0.6) is 0 Å². The number of rotatable bonds is 7. The highest BCUT2D eigenvalue weighted by Gasteiger charge is 2.28. The zero-order valence-corrected chi connectivity index (χ0v) is 15.2. The molecule has 1 aromatic carbocycles. The zero-order valence-electron chi connectivity index (χ0n) is 15.2. The first-order valence-electron chi connectivity index (χ1n) is 8.85. The normalized spacial score (nSPS) is 17.6. The Morgan fingerprint density at radius 3 is 2.44 bits per heavy atom. The number of benzene rings is 1. The fourth-order valence-corrected chi connectivity index (χ4v) is 3.16. The van der Waals surface area contributed by atoms with Gasteiger partial charge in [0.05, 0.1) is 0 Å². The van der Waals surface area contributed by atoms with E-state index < -0.39 is 17.6 Å². The van der Waals surface area contributed by atoms with Gasteiger partial charge in [-0.25, -0.2) is 8.78 Å². The molecule has 3 heteroatoms. The third kappa shape index (κ3) is 5.48. The Labute approximate surface area is 149 Å². The second-order valence-corrected chi connectivity index (χ2v) is 6.97. The van der Waals surface area contributed by atoms with Crippen molar-refractivity contribution < 1.29 is 13.6 Å². The number of hydrogen-bond donors (Lipinski definition) is 0. The lowest BCUT2D eigenvalue weighted by molar-refractivity contribution is -0.115. The number of ketones is 1. The highest BCUT2D eigenvalue weighted by atomic mass is 19.1. The van der Waals surface area contributed by atoms with Crippen molar-refractivity contribution in [2.75, 3.05) is 0 Å². The van der Waals surface area contributed by atoms with Crippen LogP contribution in [0.15, 0.2) is 53.1 Å². The molecule has 0 aromatic heterocycles. The highest BCUT2D eigenvalue weighted by molar-refractivity contribution is 5.98. The van der Waals surface area contributed by atoms with Crippen LogP contribution in [0.25, 0.3) is 0 Å². The second kappa shape index (κ2) is 8.89. The van der Waals surface area contributed by atoms with Crippen molar-refractivity contribution in [3.63, 3.8) is 0 Å². The minimum atomic E-state index is -0.578. The van der Waals surface area contributed by atoms with E-state index in [0.29, 0.717) is 12.0 Å². The Balaban J connectivity index is 1.96. The van der Waals surface area contributed by atoms with E-state index in [1.54, 1.807) is 6.08 Å². The van der Waals surface area contributed by atoms with Crippen LogP contribution in [0.2, 0.25) is 0 Å². The Morgan fingerprint density at radius 2 is 1.80 bits per heavy atom. The molecular weight excluding hydrogens is 318 g/mol. The second-order valence-electron chi connectivity index (χ2n) is 6.97. The standard InChI is InChI=1S/C22H26F2O/c1-15(2)7-4-8-16(3)9-5-10-17-13-18(14-21(17)25)22-19(23)11-6-12-20(22)24/h6-7,9,11-13,18H,4-5,8,10,14H2,1-3H3/b16-9+.